The molecule has 7 heteroatoms. The van der Waals surface area contributed by atoms with E-state index in [1.165, 1.54) is 17.7 Å². The van der Waals surface area contributed by atoms with Crippen LogP contribution in [0.5, 0.6) is 0 Å². The maximum Gasteiger partial charge on any atom is 0.241 e. The lowest BCUT2D eigenvalue weighted by Gasteiger charge is -2.23. The van der Waals surface area contributed by atoms with Crippen molar-refractivity contribution in [3.05, 3.63) is 65.5 Å². The third-order valence-electron chi connectivity index (χ3n) is 4.07. The van der Waals surface area contributed by atoms with Crippen molar-refractivity contribution in [1.29, 1.82) is 0 Å². The van der Waals surface area contributed by atoms with E-state index in [-0.39, 0.29) is 18.3 Å². The van der Waals surface area contributed by atoms with Crippen molar-refractivity contribution >= 4 is 21.6 Å². The molecular formula is C19H23FN2O3S. The molecule has 0 saturated heterocycles. The van der Waals surface area contributed by atoms with Gasteiger partial charge in [-0.3, -0.25) is 9.10 Å². The number of anilines is 1. The first-order chi connectivity index (χ1) is 12.2. The van der Waals surface area contributed by atoms with Crippen LogP contribution in [0.4, 0.5) is 10.1 Å². The molecule has 0 aliphatic rings. The summed E-state index contributed by atoms with van der Waals surface area (Å²) in [6.45, 7) is 3.53. The van der Waals surface area contributed by atoms with E-state index in [4.69, 9.17) is 0 Å². The van der Waals surface area contributed by atoms with Gasteiger partial charge in [-0.25, -0.2) is 12.8 Å². The van der Waals surface area contributed by atoms with Gasteiger partial charge in [-0.1, -0.05) is 31.2 Å². The van der Waals surface area contributed by atoms with Crippen LogP contribution in [0.15, 0.2) is 48.5 Å². The summed E-state index contributed by atoms with van der Waals surface area (Å²) in [5.41, 5.74) is 2.37. The van der Waals surface area contributed by atoms with Gasteiger partial charge in [0.15, 0.2) is 0 Å². The van der Waals surface area contributed by atoms with Crippen LogP contribution in [0.2, 0.25) is 0 Å². The standard InChI is InChI=1S/C19H23FN2O3S/c1-4-15-5-7-16(8-6-15)14(2)21-19(23)13-22(26(3,24)25)18-11-9-17(20)10-12-18/h5-12,14H,4,13H2,1-3H3,(H,21,23)/t14-/m0/s1. The summed E-state index contributed by atoms with van der Waals surface area (Å²) in [6, 6.07) is 12.6. The Balaban J connectivity index is 2.10. The highest BCUT2D eigenvalue weighted by Gasteiger charge is 2.22. The van der Waals surface area contributed by atoms with E-state index in [1.54, 1.807) is 0 Å². The van der Waals surface area contributed by atoms with Crippen molar-refractivity contribution in [1.82, 2.24) is 5.32 Å². The van der Waals surface area contributed by atoms with Gasteiger partial charge in [-0.2, -0.15) is 0 Å². The van der Waals surface area contributed by atoms with Crippen molar-refractivity contribution in [3.63, 3.8) is 0 Å². The zero-order chi connectivity index (χ0) is 19.3. The molecule has 0 spiro atoms. The zero-order valence-electron chi connectivity index (χ0n) is 15.1. The molecule has 140 valence electrons. The topological polar surface area (TPSA) is 66.5 Å². The highest BCUT2D eigenvalue weighted by Crippen LogP contribution is 2.18. The smallest absolute Gasteiger partial charge is 0.241 e. The molecule has 0 aromatic heterocycles. The summed E-state index contributed by atoms with van der Waals surface area (Å²) in [5.74, 6) is -0.914. The van der Waals surface area contributed by atoms with Crippen LogP contribution < -0.4 is 9.62 Å². The minimum atomic E-state index is -3.69. The fourth-order valence-electron chi connectivity index (χ4n) is 2.55. The van der Waals surface area contributed by atoms with Crippen LogP contribution in [-0.4, -0.2) is 27.1 Å². The van der Waals surface area contributed by atoms with Crippen molar-refractivity contribution in [2.24, 2.45) is 0 Å². The lowest BCUT2D eigenvalue weighted by molar-refractivity contribution is -0.120. The van der Waals surface area contributed by atoms with E-state index in [9.17, 15) is 17.6 Å². The third-order valence-corrected chi connectivity index (χ3v) is 5.21. The van der Waals surface area contributed by atoms with E-state index < -0.39 is 21.7 Å². The Morgan fingerprint density at radius 1 is 1.12 bits per heavy atom. The Kier molecular flexibility index (Phi) is 6.37. The molecule has 1 atom stereocenters. The number of sulfonamides is 1. The number of benzene rings is 2. The van der Waals surface area contributed by atoms with Gasteiger partial charge in [0.25, 0.3) is 0 Å². The average molecular weight is 378 g/mol. The highest BCUT2D eigenvalue weighted by atomic mass is 32.2. The second kappa shape index (κ2) is 8.31. The molecule has 1 N–H and O–H groups in total. The SMILES string of the molecule is CCc1ccc([C@H](C)NC(=O)CN(c2ccc(F)cc2)S(C)(=O)=O)cc1. The molecule has 2 aromatic rings. The molecule has 1 amide bonds. The van der Waals surface area contributed by atoms with Gasteiger partial charge in [0, 0.05) is 0 Å². The van der Waals surface area contributed by atoms with Crippen molar-refractivity contribution in [3.8, 4) is 0 Å². The van der Waals surface area contributed by atoms with Gasteiger partial charge in [-0.15, -0.1) is 0 Å². The quantitative estimate of drug-likeness (QED) is 0.805. The first-order valence-electron chi connectivity index (χ1n) is 8.32. The molecule has 0 aliphatic carbocycles. The van der Waals surface area contributed by atoms with Crippen LogP contribution in [-0.2, 0) is 21.2 Å². The number of aryl methyl sites for hydroxylation is 1. The number of carbonyl (C=O) groups is 1. The maximum atomic E-state index is 13.1. The molecule has 0 unspecified atom stereocenters. The number of carbonyl (C=O) groups excluding carboxylic acids is 1. The molecule has 0 radical (unpaired) electrons. The van der Waals surface area contributed by atoms with Crippen LogP contribution in [0, 0.1) is 5.82 Å². The summed E-state index contributed by atoms with van der Waals surface area (Å²) in [7, 11) is -3.69. The second-order valence-corrected chi connectivity index (χ2v) is 8.04. The summed E-state index contributed by atoms with van der Waals surface area (Å²) in [6.07, 6.45) is 1.94. The first kappa shape index (κ1) is 19.9. The summed E-state index contributed by atoms with van der Waals surface area (Å²) in [4.78, 5) is 12.4. The summed E-state index contributed by atoms with van der Waals surface area (Å²) in [5, 5.41) is 2.80. The van der Waals surface area contributed by atoms with Gasteiger partial charge in [0.1, 0.15) is 12.4 Å². The molecule has 2 aromatic carbocycles. The van der Waals surface area contributed by atoms with E-state index in [1.807, 2.05) is 31.2 Å². The number of amides is 1. The largest absolute Gasteiger partial charge is 0.348 e. The van der Waals surface area contributed by atoms with Crippen molar-refractivity contribution in [2.75, 3.05) is 17.1 Å². The average Bonchev–Trinajstić information content (AvgIpc) is 2.59. The number of hydrogen-bond acceptors (Lipinski definition) is 3. The third kappa shape index (κ3) is 5.29. The predicted molar refractivity (Wildman–Crippen MR) is 101 cm³/mol. The molecule has 2 rings (SSSR count). The zero-order valence-corrected chi connectivity index (χ0v) is 15.9. The van der Waals surface area contributed by atoms with E-state index in [0.29, 0.717) is 0 Å². The molecular weight excluding hydrogens is 355 g/mol. The van der Waals surface area contributed by atoms with Gasteiger partial charge < -0.3 is 5.32 Å². The Hall–Kier alpha value is -2.41. The van der Waals surface area contributed by atoms with Crippen LogP contribution in [0.1, 0.15) is 31.0 Å². The van der Waals surface area contributed by atoms with Gasteiger partial charge in [-0.05, 0) is 48.7 Å². The lowest BCUT2D eigenvalue weighted by atomic mass is 10.1. The van der Waals surface area contributed by atoms with Gasteiger partial charge >= 0.3 is 0 Å². The first-order valence-corrected chi connectivity index (χ1v) is 10.2. The van der Waals surface area contributed by atoms with E-state index >= 15 is 0 Å². The van der Waals surface area contributed by atoms with Crippen LogP contribution in [0.3, 0.4) is 0 Å². The number of rotatable bonds is 7. The summed E-state index contributed by atoms with van der Waals surface area (Å²) >= 11 is 0. The number of halogens is 1. The van der Waals surface area contributed by atoms with Crippen LogP contribution >= 0.6 is 0 Å². The number of hydrogen-bond donors (Lipinski definition) is 1. The minimum Gasteiger partial charge on any atom is -0.348 e. The van der Waals surface area contributed by atoms with Crippen LogP contribution in [0.25, 0.3) is 0 Å². The van der Waals surface area contributed by atoms with E-state index in [2.05, 4.69) is 12.2 Å². The minimum absolute atomic E-state index is 0.240. The number of nitrogens with one attached hydrogen (secondary N) is 1. The van der Waals surface area contributed by atoms with Gasteiger partial charge in [0.2, 0.25) is 15.9 Å². The highest BCUT2D eigenvalue weighted by molar-refractivity contribution is 7.92. The molecule has 5 nitrogen and oxygen atoms in total. The normalized spacial score (nSPS) is 12.5. The molecule has 0 bridgehead atoms. The van der Waals surface area contributed by atoms with E-state index in [0.717, 1.165) is 34.7 Å². The Bertz CT molecular complexity index is 849. The molecule has 26 heavy (non-hydrogen) atoms. The predicted octanol–water partition coefficient (Wildman–Crippen LogP) is 3.03. The van der Waals surface area contributed by atoms with Crippen molar-refractivity contribution < 1.29 is 17.6 Å². The maximum absolute atomic E-state index is 13.1. The molecule has 0 fully saturated rings. The Morgan fingerprint density at radius 2 is 1.69 bits per heavy atom. The second-order valence-electron chi connectivity index (χ2n) is 6.13. The Labute approximate surface area is 153 Å². The number of nitrogens with zero attached hydrogens (tertiary/aromatic N) is 1. The summed E-state index contributed by atoms with van der Waals surface area (Å²) < 4.78 is 38.1. The molecule has 0 heterocycles. The monoisotopic (exact) mass is 378 g/mol. The molecule has 0 aliphatic heterocycles. The fourth-order valence-corrected chi connectivity index (χ4v) is 3.41. The van der Waals surface area contributed by atoms with Gasteiger partial charge in [0.05, 0.1) is 18.0 Å². The van der Waals surface area contributed by atoms with Crippen molar-refractivity contribution in [2.45, 2.75) is 26.3 Å². The molecule has 0 saturated carbocycles. The lowest BCUT2D eigenvalue weighted by Crippen LogP contribution is -2.41. The Morgan fingerprint density at radius 3 is 2.19 bits per heavy atom. The fraction of sp³-hybridized carbons (Fsp3) is 0.316.